The lowest BCUT2D eigenvalue weighted by molar-refractivity contribution is 0.392. The molecule has 1 aliphatic carbocycles. The van der Waals surface area contributed by atoms with Crippen molar-refractivity contribution in [2.75, 3.05) is 20.7 Å². The Kier molecular flexibility index (Phi) is 4.39. The predicted molar refractivity (Wildman–Crippen MR) is 71.7 cm³/mol. The predicted octanol–water partition coefficient (Wildman–Crippen LogP) is 1.17. The van der Waals surface area contributed by atoms with Crippen LogP contribution >= 0.6 is 0 Å². The highest BCUT2D eigenvalue weighted by Gasteiger charge is 2.21. The molecule has 5 heteroatoms. The first-order valence-electron chi connectivity index (χ1n) is 6.26. The summed E-state index contributed by atoms with van der Waals surface area (Å²) in [5, 5.41) is 6.58. The number of guanidine groups is 1. The first-order valence-corrected chi connectivity index (χ1v) is 6.26. The molecule has 5 nitrogen and oxygen atoms in total. The molecule has 1 saturated carbocycles. The van der Waals surface area contributed by atoms with Gasteiger partial charge in [0, 0.05) is 31.9 Å². The van der Waals surface area contributed by atoms with Crippen LogP contribution in [0.2, 0.25) is 0 Å². The first-order chi connectivity index (χ1) is 8.83. The summed E-state index contributed by atoms with van der Waals surface area (Å²) in [6, 6.07) is 3.90. The van der Waals surface area contributed by atoms with Gasteiger partial charge in [-0.15, -0.1) is 0 Å². The van der Waals surface area contributed by atoms with Crippen molar-refractivity contribution < 1.29 is 4.74 Å². The Morgan fingerprint density at radius 2 is 2.33 bits per heavy atom. The topological polar surface area (TPSA) is 58.5 Å². The zero-order valence-electron chi connectivity index (χ0n) is 10.9. The number of aliphatic imine (C=N–C) groups is 1. The van der Waals surface area contributed by atoms with Crippen LogP contribution in [0, 0.1) is 5.92 Å². The molecule has 1 aliphatic rings. The first kappa shape index (κ1) is 12.7. The Bertz CT molecular complexity index is 415. The van der Waals surface area contributed by atoms with Crippen molar-refractivity contribution in [3.8, 4) is 5.88 Å². The van der Waals surface area contributed by atoms with Gasteiger partial charge in [0.1, 0.15) is 0 Å². The van der Waals surface area contributed by atoms with E-state index in [9.17, 15) is 0 Å². The third-order valence-corrected chi connectivity index (χ3v) is 2.97. The fraction of sp³-hybridized carbons (Fsp3) is 0.538. The average molecular weight is 248 g/mol. The molecule has 0 amide bonds. The van der Waals surface area contributed by atoms with E-state index < -0.39 is 0 Å². The monoisotopic (exact) mass is 248 g/mol. The van der Waals surface area contributed by atoms with E-state index in [-0.39, 0.29) is 0 Å². The minimum Gasteiger partial charge on any atom is -0.481 e. The molecule has 0 bridgehead atoms. The fourth-order valence-corrected chi connectivity index (χ4v) is 1.71. The van der Waals surface area contributed by atoms with Crippen LogP contribution in [0.1, 0.15) is 18.4 Å². The number of aromatic nitrogens is 1. The maximum atomic E-state index is 5.21. The number of rotatable bonds is 5. The summed E-state index contributed by atoms with van der Waals surface area (Å²) in [6.45, 7) is 1.66. The van der Waals surface area contributed by atoms with E-state index in [1.807, 2.05) is 12.1 Å². The smallest absolute Gasteiger partial charge is 0.218 e. The number of nitrogens with zero attached hydrogens (tertiary/aromatic N) is 2. The number of hydrogen-bond donors (Lipinski definition) is 2. The van der Waals surface area contributed by atoms with Gasteiger partial charge in [-0.2, -0.15) is 0 Å². The summed E-state index contributed by atoms with van der Waals surface area (Å²) in [6.07, 6.45) is 4.39. The second-order valence-electron chi connectivity index (χ2n) is 4.42. The molecule has 0 unspecified atom stereocenters. The highest BCUT2D eigenvalue weighted by atomic mass is 16.5. The molecule has 1 fully saturated rings. The van der Waals surface area contributed by atoms with Crippen molar-refractivity contribution >= 4 is 5.96 Å². The van der Waals surface area contributed by atoms with Crippen LogP contribution in [-0.4, -0.2) is 31.6 Å². The number of hydrogen-bond acceptors (Lipinski definition) is 3. The second-order valence-corrected chi connectivity index (χ2v) is 4.42. The van der Waals surface area contributed by atoms with E-state index in [1.165, 1.54) is 12.8 Å². The Labute approximate surface area is 108 Å². The van der Waals surface area contributed by atoms with E-state index in [2.05, 4.69) is 20.6 Å². The summed E-state index contributed by atoms with van der Waals surface area (Å²) in [5.74, 6) is 2.31. The quantitative estimate of drug-likeness (QED) is 0.606. The van der Waals surface area contributed by atoms with Crippen molar-refractivity contribution in [3.63, 3.8) is 0 Å². The van der Waals surface area contributed by atoms with E-state index >= 15 is 0 Å². The van der Waals surface area contributed by atoms with E-state index in [4.69, 9.17) is 4.74 Å². The van der Waals surface area contributed by atoms with Crippen LogP contribution in [0.15, 0.2) is 23.3 Å². The highest BCUT2D eigenvalue weighted by Crippen LogP contribution is 2.27. The Hall–Kier alpha value is -1.78. The van der Waals surface area contributed by atoms with E-state index in [0.717, 1.165) is 24.0 Å². The average Bonchev–Trinajstić information content (AvgIpc) is 3.23. The number of nitrogens with one attached hydrogen (secondary N) is 2. The molecule has 0 aliphatic heterocycles. The minimum atomic E-state index is 0.654. The van der Waals surface area contributed by atoms with E-state index in [0.29, 0.717) is 12.4 Å². The van der Waals surface area contributed by atoms with Crippen LogP contribution in [0.5, 0.6) is 5.88 Å². The molecule has 2 N–H and O–H groups in total. The third kappa shape index (κ3) is 3.61. The third-order valence-electron chi connectivity index (χ3n) is 2.97. The van der Waals surface area contributed by atoms with Crippen LogP contribution in [0.3, 0.4) is 0 Å². The van der Waals surface area contributed by atoms with Gasteiger partial charge in [0.2, 0.25) is 5.88 Å². The molecule has 0 aromatic carbocycles. The summed E-state index contributed by atoms with van der Waals surface area (Å²) in [4.78, 5) is 8.35. The van der Waals surface area contributed by atoms with Crippen LogP contribution in [0.4, 0.5) is 0 Å². The van der Waals surface area contributed by atoms with Crippen molar-refractivity contribution in [2.45, 2.75) is 19.4 Å². The molecule has 18 heavy (non-hydrogen) atoms. The van der Waals surface area contributed by atoms with Gasteiger partial charge in [0.05, 0.1) is 7.11 Å². The van der Waals surface area contributed by atoms with Crippen LogP contribution < -0.4 is 15.4 Å². The second kappa shape index (κ2) is 6.23. The van der Waals surface area contributed by atoms with Crippen molar-refractivity contribution in [3.05, 3.63) is 23.9 Å². The van der Waals surface area contributed by atoms with Crippen molar-refractivity contribution in [2.24, 2.45) is 10.9 Å². The lowest BCUT2D eigenvalue weighted by Gasteiger charge is -2.12. The van der Waals surface area contributed by atoms with Gasteiger partial charge in [-0.25, -0.2) is 4.98 Å². The summed E-state index contributed by atoms with van der Waals surface area (Å²) in [7, 11) is 3.41. The molecule has 1 heterocycles. The maximum absolute atomic E-state index is 5.21. The Morgan fingerprint density at radius 3 is 3.00 bits per heavy atom. The zero-order valence-corrected chi connectivity index (χ0v) is 10.9. The molecular formula is C13H20N4O. The number of methoxy groups -OCH3 is 1. The standard InChI is InChI=1S/C13H20N4O/c1-14-13(16-8-10-5-6-10)17-9-11-4-3-7-15-12(11)18-2/h3-4,7,10H,5-6,8-9H2,1-2H3,(H2,14,16,17). The van der Waals surface area contributed by atoms with Gasteiger partial charge < -0.3 is 15.4 Å². The van der Waals surface area contributed by atoms with Crippen LogP contribution in [-0.2, 0) is 6.54 Å². The zero-order chi connectivity index (χ0) is 12.8. The Balaban J connectivity index is 1.84. The molecule has 0 radical (unpaired) electrons. The summed E-state index contributed by atoms with van der Waals surface area (Å²) in [5.41, 5.74) is 1.02. The minimum absolute atomic E-state index is 0.654. The van der Waals surface area contributed by atoms with Gasteiger partial charge in [-0.1, -0.05) is 6.07 Å². The molecular weight excluding hydrogens is 228 g/mol. The molecule has 1 aromatic heterocycles. The molecule has 1 aromatic rings. The lowest BCUT2D eigenvalue weighted by atomic mass is 10.2. The fourth-order valence-electron chi connectivity index (χ4n) is 1.71. The molecule has 0 spiro atoms. The SMILES string of the molecule is CN=C(NCc1cccnc1OC)NCC1CC1. The largest absolute Gasteiger partial charge is 0.481 e. The summed E-state index contributed by atoms with van der Waals surface area (Å²) < 4.78 is 5.21. The van der Waals surface area contributed by atoms with Gasteiger partial charge in [0.25, 0.3) is 0 Å². The van der Waals surface area contributed by atoms with Crippen LogP contribution in [0.25, 0.3) is 0 Å². The lowest BCUT2D eigenvalue weighted by Crippen LogP contribution is -2.37. The molecule has 0 atom stereocenters. The maximum Gasteiger partial charge on any atom is 0.218 e. The summed E-state index contributed by atoms with van der Waals surface area (Å²) >= 11 is 0. The highest BCUT2D eigenvalue weighted by molar-refractivity contribution is 5.79. The van der Waals surface area contributed by atoms with Crippen molar-refractivity contribution in [1.29, 1.82) is 0 Å². The van der Waals surface area contributed by atoms with Gasteiger partial charge in [0.15, 0.2) is 5.96 Å². The van der Waals surface area contributed by atoms with Gasteiger partial charge >= 0.3 is 0 Å². The molecule has 98 valence electrons. The molecule has 2 rings (SSSR count). The van der Waals surface area contributed by atoms with E-state index in [1.54, 1.807) is 20.4 Å². The molecule has 0 saturated heterocycles. The van der Waals surface area contributed by atoms with Gasteiger partial charge in [-0.05, 0) is 24.8 Å². The van der Waals surface area contributed by atoms with Gasteiger partial charge in [-0.3, -0.25) is 4.99 Å². The number of ether oxygens (including phenoxy) is 1. The number of pyridine rings is 1. The van der Waals surface area contributed by atoms with Crippen molar-refractivity contribution in [1.82, 2.24) is 15.6 Å². The normalized spacial score (nSPS) is 15.3. The Morgan fingerprint density at radius 1 is 1.50 bits per heavy atom.